The largest absolute Gasteiger partial charge is 0.478 e. The molecule has 1 heterocycles. The van der Waals surface area contributed by atoms with Crippen molar-refractivity contribution in [3.8, 4) is 5.75 Å². The molecule has 1 N–H and O–H groups in total. The minimum absolute atomic E-state index is 0.0767. The molecule has 0 aliphatic carbocycles. The second-order valence-corrected chi connectivity index (χ2v) is 6.34. The predicted molar refractivity (Wildman–Crippen MR) is 94.3 cm³/mol. The Kier molecular flexibility index (Phi) is 6.68. The molecule has 0 spiro atoms. The van der Waals surface area contributed by atoms with Gasteiger partial charge in [-0.3, -0.25) is 5.43 Å². The highest BCUT2D eigenvalue weighted by atomic mass is 79.9. The van der Waals surface area contributed by atoms with Gasteiger partial charge >= 0.3 is 5.97 Å². The van der Waals surface area contributed by atoms with Crippen LogP contribution in [0, 0.1) is 12.7 Å². The average Bonchev–Trinajstić information content (AvgIpc) is 2.92. The molecule has 0 saturated carbocycles. The third-order valence-electron chi connectivity index (χ3n) is 2.66. The Labute approximate surface area is 150 Å². The van der Waals surface area contributed by atoms with Crippen LogP contribution in [-0.2, 0) is 9.53 Å². The van der Waals surface area contributed by atoms with Crippen LogP contribution in [0.3, 0.4) is 0 Å². The Morgan fingerprint density at radius 3 is 3.00 bits per heavy atom. The lowest BCUT2D eigenvalue weighted by Crippen LogP contribution is -2.16. The lowest BCUT2D eigenvalue weighted by molar-refractivity contribution is -0.145. The Balaban J connectivity index is 2.13. The first-order chi connectivity index (χ1) is 11.5. The minimum atomic E-state index is -0.611. The number of hydrazone groups is 1. The van der Waals surface area contributed by atoms with Gasteiger partial charge in [0, 0.05) is 15.4 Å². The van der Waals surface area contributed by atoms with Gasteiger partial charge in [-0.2, -0.15) is 5.10 Å². The van der Waals surface area contributed by atoms with Crippen LogP contribution in [0.5, 0.6) is 5.75 Å². The zero-order chi connectivity index (χ0) is 17.5. The van der Waals surface area contributed by atoms with Gasteiger partial charge in [-0.05, 0) is 26.0 Å². The van der Waals surface area contributed by atoms with Crippen molar-refractivity contribution in [3.05, 3.63) is 39.1 Å². The molecular formula is C15H15BrFN3O3S. The van der Waals surface area contributed by atoms with Crippen molar-refractivity contribution in [1.29, 1.82) is 0 Å². The molecule has 1 aromatic heterocycles. The van der Waals surface area contributed by atoms with Gasteiger partial charge in [0.2, 0.25) is 5.13 Å². The topological polar surface area (TPSA) is 72.8 Å². The number of esters is 1. The fraction of sp³-hybridized carbons (Fsp3) is 0.267. The summed E-state index contributed by atoms with van der Waals surface area (Å²) in [6.07, 6.45) is 1.39. The molecule has 128 valence electrons. The zero-order valence-electron chi connectivity index (χ0n) is 13.0. The van der Waals surface area contributed by atoms with Gasteiger partial charge in [0.1, 0.15) is 0 Å². The molecule has 2 aromatic rings. The third kappa shape index (κ3) is 5.27. The maximum absolute atomic E-state index is 14.1. The van der Waals surface area contributed by atoms with Crippen LogP contribution in [0.4, 0.5) is 9.52 Å². The summed E-state index contributed by atoms with van der Waals surface area (Å²) in [7, 11) is 0. The summed E-state index contributed by atoms with van der Waals surface area (Å²) in [5.41, 5.74) is 4.00. The highest BCUT2D eigenvalue weighted by molar-refractivity contribution is 9.10. The number of aromatic nitrogens is 1. The molecule has 0 atom stereocenters. The number of halogens is 2. The number of thiazole rings is 1. The first-order valence-electron chi connectivity index (χ1n) is 6.98. The lowest BCUT2D eigenvalue weighted by Gasteiger charge is -2.10. The van der Waals surface area contributed by atoms with Crippen LogP contribution >= 0.6 is 27.3 Å². The van der Waals surface area contributed by atoms with Crippen molar-refractivity contribution < 1.29 is 18.7 Å². The maximum atomic E-state index is 14.1. The number of rotatable bonds is 7. The maximum Gasteiger partial charge on any atom is 0.344 e. The standard InChI is InChI=1S/C15H15BrFN3O3S/c1-3-22-13(21)7-23-14-10(4-11(16)5-12(14)17)6-18-20-15-19-9(2)8-24-15/h4-6,8H,3,7H2,1-2H3,(H,19,20). The summed E-state index contributed by atoms with van der Waals surface area (Å²) in [6, 6.07) is 2.87. The predicted octanol–water partition coefficient (Wildman–Crippen LogP) is 3.74. The quantitative estimate of drug-likeness (QED) is 0.423. The van der Waals surface area contributed by atoms with Crippen molar-refractivity contribution in [3.63, 3.8) is 0 Å². The van der Waals surface area contributed by atoms with E-state index in [1.54, 1.807) is 13.0 Å². The van der Waals surface area contributed by atoms with E-state index in [1.165, 1.54) is 23.6 Å². The third-order valence-corrected chi connectivity index (χ3v) is 3.98. The van der Waals surface area contributed by atoms with Crippen LogP contribution in [0.25, 0.3) is 0 Å². The zero-order valence-corrected chi connectivity index (χ0v) is 15.4. The summed E-state index contributed by atoms with van der Waals surface area (Å²) in [5.74, 6) is -1.26. The van der Waals surface area contributed by atoms with E-state index < -0.39 is 11.8 Å². The number of nitrogens with one attached hydrogen (secondary N) is 1. The fourth-order valence-corrected chi connectivity index (χ4v) is 2.81. The Morgan fingerprint density at radius 2 is 2.33 bits per heavy atom. The highest BCUT2D eigenvalue weighted by Crippen LogP contribution is 2.26. The number of hydrogen-bond donors (Lipinski definition) is 1. The molecule has 0 amide bonds. The first kappa shape index (κ1) is 18.3. The minimum Gasteiger partial charge on any atom is -0.478 e. The van der Waals surface area contributed by atoms with E-state index in [0.717, 1.165) is 5.69 Å². The summed E-state index contributed by atoms with van der Waals surface area (Å²) in [6.45, 7) is 3.40. The van der Waals surface area contributed by atoms with E-state index in [1.807, 2.05) is 12.3 Å². The molecule has 0 unspecified atom stereocenters. The van der Waals surface area contributed by atoms with Crippen molar-refractivity contribution in [2.75, 3.05) is 18.6 Å². The second-order valence-electron chi connectivity index (χ2n) is 4.56. The second kappa shape index (κ2) is 8.74. The van der Waals surface area contributed by atoms with E-state index >= 15 is 0 Å². The number of carbonyl (C=O) groups excluding carboxylic acids is 1. The van der Waals surface area contributed by atoms with E-state index in [9.17, 15) is 9.18 Å². The molecule has 0 radical (unpaired) electrons. The number of ether oxygens (including phenoxy) is 2. The van der Waals surface area contributed by atoms with E-state index in [-0.39, 0.29) is 19.0 Å². The van der Waals surface area contributed by atoms with Crippen molar-refractivity contribution in [2.45, 2.75) is 13.8 Å². The van der Waals surface area contributed by atoms with Gasteiger partial charge in [-0.1, -0.05) is 15.9 Å². The molecule has 6 nitrogen and oxygen atoms in total. The number of hydrogen-bond acceptors (Lipinski definition) is 7. The van der Waals surface area contributed by atoms with Crippen LogP contribution < -0.4 is 10.2 Å². The normalized spacial score (nSPS) is 10.8. The van der Waals surface area contributed by atoms with Gasteiger partial charge in [-0.15, -0.1) is 11.3 Å². The van der Waals surface area contributed by atoms with Crippen LogP contribution in [0.2, 0.25) is 0 Å². The number of carbonyl (C=O) groups is 1. The van der Waals surface area contributed by atoms with E-state index in [0.29, 0.717) is 15.2 Å². The molecule has 0 saturated heterocycles. The summed E-state index contributed by atoms with van der Waals surface area (Å²) >= 11 is 4.62. The Bertz CT molecular complexity index is 752. The molecule has 0 bridgehead atoms. The molecule has 0 fully saturated rings. The van der Waals surface area contributed by atoms with E-state index in [2.05, 4.69) is 31.4 Å². The molecule has 24 heavy (non-hydrogen) atoms. The number of anilines is 1. The van der Waals surface area contributed by atoms with Gasteiger partial charge in [-0.25, -0.2) is 14.2 Å². The average molecular weight is 416 g/mol. The molecule has 9 heteroatoms. The Hall–Kier alpha value is -2.00. The fourth-order valence-electron chi connectivity index (χ4n) is 1.72. The Morgan fingerprint density at radius 1 is 1.54 bits per heavy atom. The van der Waals surface area contributed by atoms with Crippen LogP contribution in [-0.4, -0.2) is 30.4 Å². The van der Waals surface area contributed by atoms with E-state index in [4.69, 9.17) is 9.47 Å². The molecule has 0 aliphatic rings. The lowest BCUT2D eigenvalue weighted by atomic mass is 10.2. The van der Waals surface area contributed by atoms with Crippen molar-refractivity contribution >= 4 is 44.6 Å². The molecule has 0 aliphatic heterocycles. The molecular weight excluding hydrogens is 401 g/mol. The van der Waals surface area contributed by atoms with Gasteiger partial charge in [0.15, 0.2) is 18.2 Å². The number of benzene rings is 1. The highest BCUT2D eigenvalue weighted by Gasteiger charge is 2.13. The van der Waals surface area contributed by atoms with Crippen molar-refractivity contribution in [2.24, 2.45) is 5.10 Å². The first-order valence-corrected chi connectivity index (χ1v) is 8.65. The number of nitrogens with zero attached hydrogens (tertiary/aromatic N) is 2. The summed E-state index contributed by atoms with van der Waals surface area (Å²) in [4.78, 5) is 15.6. The smallest absolute Gasteiger partial charge is 0.344 e. The van der Waals surface area contributed by atoms with Gasteiger partial charge in [0.05, 0.1) is 18.5 Å². The van der Waals surface area contributed by atoms with Crippen LogP contribution in [0.1, 0.15) is 18.2 Å². The molecule has 2 rings (SSSR count). The van der Waals surface area contributed by atoms with Gasteiger partial charge in [0.25, 0.3) is 0 Å². The SMILES string of the molecule is CCOC(=O)COc1c(F)cc(Br)cc1C=NNc1nc(C)cs1. The monoisotopic (exact) mass is 415 g/mol. The number of aryl methyl sites for hydroxylation is 1. The summed E-state index contributed by atoms with van der Waals surface area (Å²) < 4.78 is 24.6. The summed E-state index contributed by atoms with van der Waals surface area (Å²) in [5, 5.41) is 6.52. The molecule has 1 aromatic carbocycles. The van der Waals surface area contributed by atoms with Gasteiger partial charge < -0.3 is 9.47 Å². The van der Waals surface area contributed by atoms with Crippen LogP contribution in [0.15, 0.2) is 27.1 Å². The van der Waals surface area contributed by atoms with Crippen molar-refractivity contribution in [1.82, 2.24) is 4.98 Å².